The lowest BCUT2D eigenvalue weighted by Crippen LogP contribution is -2.28. The number of nitrogens with one attached hydrogen (secondary N) is 1. The second-order valence-corrected chi connectivity index (χ2v) is 5.03. The molecule has 4 heteroatoms. The first kappa shape index (κ1) is 11.7. The minimum absolute atomic E-state index is 0.0786. The Bertz CT molecular complexity index is 440. The van der Waals surface area contributed by atoms with E-state index in [2.05, 4.69) is 46.7 Å². The molecule has 3 N–H and O–H groups in total. The molecule has 0 aliphatic rings. The number of thiophene rings is 1. The van der Waals surface area contributed by atoms with Crippen LogP contribution in [0.4, 0.5) is 0 Å². The average Bonchev–Trinajstić information content (AvgIpc) is 2.84. The molecule has 0 saturated carbocycles. The van der Waals surface area contributed by atoms with Gasteiger partial charge in [0.05, 0.1) is 6.04 Å². The van der Waals surface area contributed by atoms with Crippen molar-refractivity contribution in [3.8, 4) is 0 Å². The maximum atomic E-state index is 5.66. The SMILES string of the molecule is CSc1ccccc1C(NN)c1ccsc1. The molecule has 1 atom stereocenters. The van der Waals surface area contributed by atoms with Crippen molar-refractivity contribution in [3.63, 3.8) is 0 Å². The first-order chi connectivity index (χ1) is 7.86. The molecule has 2 rings (SSSR count). The fourth-order valence-corrected chi connectivity index (χ4v) is 3.03. The third-order valence-electron chi connectivity index (χ3n) is 2.49. The molecular weight excluding hydrogens is 236 g/mol. The molecule has 16 heavy (non-hydrogen) atoms. The number of nitrogens with two attached hydrogens (primary N) is 1. The topological polar surface area (TPSA) is 38.0 Å². The lowest BCUT2D eigenvalue weighted by Gasteiger charge is -2.17. The number of thioether (sulfide) groups is 1. The van der Waals surface area contributed by atoms with Crippen LogP contribution in [-0.2, 0) is 0 Å². The zero-order valence-electron chi connectivity index (χ0n) is 9.01. The van der Waals surface area contributed by atoms with Gasteiger partial charge in [0.15, 0.2) is 0 Å². The third kappa shape index (κ3) is 2.30. The average molecular weight is 250 g/mol. The van der Waals surface area contributed by atoms with Gasteiger partial charge in [-0.2, -0.15) is 11.3 Å². The van der Waals surface area contributed by atoms with Crippen LogP contribution in [0.2, 0.25) is 0 Å². The van der Waals surface area contributed by atoms with Gasteiger partial charge >= 0.3 is 0 Å². The number of hydrazine groups is 1. The molecule has 0 fully saturated rings. The van der Waals surface area contributed by atoms with Gasteiger partial charge in [0.25, 0.3) is 0 Å². The van der Waals surface area contributed by atoms with E-state index in [1.165, 1.54) is 16.0 Å². The largest absolute Gasteiger partial charge is 0.271 e. The van der Waals surface area contributed by atoms with Crippen LogP contribution in [0, 0.1) is 0 Å². The Kier molecular flexibility index (Phi) is 4.01. The number of hydrogen-bond donors (Lipinski definition) is 2. The fraction of sp³-hybridized carbons (Fsp3) is 0.167. The van der Waals surface area contributed by atoms with E-state index < -0.39 is 0 Å². The predicted molar refractivity (Wildman–Crippen MR) is 71.7 cm³/mol. The number of hydrogen-bond acceptors (Lipinski definition) is 4. The first-order valence-corrected chi connectivity index (χ1v) is 7.14. The van der Waals surface area contributed by atoms with Crippen molar-refractivity contribution in [3.05, 3.63) is 52.2 Å². The predicted octanol–water partition coefficient (Wildman–Crippen LogP) is 3.02. The number of rotatable bonds is 4. The van der Waals surface area contributed by atoms with Crippen LogP contribution in [0.1, 0.15) is 17.2 Å². The molecule has 0 bridgehead atoms. The molecule has 1 aromatic heterocycles. The first-order valence-electron chi connectivity index (χ1n) is 4.98. The van der Waals surface area contributed by atoms with Crippen molar-refractivity contribution >= 4 is 23.1 Å². The van der Waals surface area contributed by atoms with Crippen molar-refractivity contribution in [1.82, 2.24) is 5.43 Å². The van der Waals surface area contributed by atoms with Crippen LogP contribution < -0.4 is 11.3 Å². The van der Waals surface area contributed by atoms with Gasteiger partial charge in [-0.3, -0.25) is 5.84 Å². The Labute approximate surface area is 104 Å². The van der Waals surface area contributed by atoms with Crippen molar-refractivity contribution in [2.24, 2.45) is 5.84 Å². The molecule has 2 aromatic rings. The van der Waals surface area contributed by atoms with Gasteiger partial charge in [-0.15, -0.1) is 11.8 Å². The van der Waals surface area contributed by atoms with Gasteiger partial charge < -0.3 is 0 Å². The van der Waals surface area contributed by atoms with Crippen LogP contribution in [0.3, 0.4) is 0 Å². The minimum Gasteiger partial charge on any atom is -0.271 e. The molecular formula is C12H14N2S2. The maximum Gasteiger partial charge on any atom is 0.0728 e. The standard InChI is InChI=1S/C12H14N2S2/c1-15-11-5-3-2-4-10(11)12(14-13)9-6-7-16-8-9/h2-8,12,14H,13H2,1H3. The molecule has 1 heterocycles. The molecule has 0 amide bonds. The van der Waals surface area contributed by atoms with Gasteiger partial charge in [-0.25, -0.2) is 5.43 Å². The molecule has 2 nitrogen and oxygen atoms in total. The Morgan fingerprint density at radius 3 is 2.75 bits per heavy atom. The summed E-state index contributed by atoms with van der Waals surface area (Å²) in [7, 11) is 0. The summed E-state index contributed by atoms with van der Waals surface area (Å²) < 4.78 is 0. The van der Waals surface area contributed by atoms with E-state index in [4.69, 9.17) is 5.84 Å². The van der Waals surface area contributed by atoms with E-state index >= 15 is 0 Å². The van der Waals surface area contributed by atoms with E-state index in [0.29, 0.717) is 0 Å². The zero-order chi connectivity index (χ0) is 11.4. The van der Waals surface area contributed by atoms with Crippen LogP contribution in [0.15, 0.2) is 46.0 Å². The van der Waals surface area contributed by atoms with E-state index in [-0.39, 0.29) is 6.04 Å². The lowest BCUT2D eigenvalue weighted by molar-refractivity contribution is 0.630. The highest BCUT2D eigenvalue weighted by molar-refractivity contribution is 7.98. The van der Waals surface area contributed by atoms with Crippen molar-refractivity contribution in [1.29, 1.82) is 0 Å². The minimum atomic E-state index is 0.0786. The number of benzene rings is 1. The fourth-order valence-electron chi connectivity index (χ4n) is 1.71. The monoisotopic (exact) mass is 250 g/mol. The zero-order valence-corrected chi connectivity index (χ0v) is 10.6. The van der Waals surface area contributed by atoms with Gasteiger partial charge in [-0.05, 0) is 40.3 Å². The summed E-state index contributed by atoms with van der Waals surface area (Å²) in [5.74, 6) is 5.66. The quantitative estimate of drug-likeness (QED) is 0.497. The summed E-state index contributed by atoms with van der Waals surface area (Å²) in [6.07, 6.45) is 2.08. The van der Waals surface area contributed by atoms with Crippen molar-refractivity contribution < 1.29 is 0 Å². The molecule has 0 spiro atoms. The molecule has 0 aliphatic carbocycles. The summed E-state index contributed by atoms with van der Waals surface area (Å²) in [5, 5.41) is 4.20. The molecule has 0 radical (unpaired) electrons. The van der Waals surface area contributed by atoms with Gasteiger partial charge in [0.2, 0.25) is 0 Å². The van der Waals surface area contributed by atoms with Crippen LogP contribution in [0.25, 0.3) is 0 Å². The summed E-state index contributed by atoms with van der Waals surface area (Å²) in [4.78, 5) is 1.26. The van der Waals surface area contributed by atoms with Gasteiger partial charge in [0, 0.05) is 4.90 Å². The summed E-state index contributed by atoms with van der Waals surface area (Å²) >= 11 is 3.43. The van der Waals surface area contributed by atoms with E-state index in [0.717, 1.165) is 0 Å². The maximum absolute atomic E-state index is 5.66. The highest BCUT2D eigenvalue weighted by Gasteiger charge is 2.15. The Balaban J connectivity index is 2.41. The smallest absolute Gasteiger partial charge is 0.0728 e. The van der Waals surface area contributed by atoms with E-state index in [1.54, 1.807) is 23.1 Å². The van der Waals surface area contributed by atoms with E-state index in [1.807, 2.05) is 6.07 Å². The van der Waals surface area contributed by atoms with Gasteiger partial charge in [0.1, 0.15) is 0 Å². The molecule has 0 aliphatic heterocycles. The molecule has 1 unspecified atom stereocenters. The van der Waals surface area contributed by atoms with Crippen molar-refractivity contribution in [2.75, 3.05) is 6.26 Å². The highest BCUT2D eigenvalue weighted by Crippen LogP contribution is 2.30. The molecule has 84 valence electrons. The second-order valence-electron chi connectivity index (χ2n) is 3.40. The summed E-state index contributed by atoms with van der Waals surface area (Å²) in [5.41, 5.74) is 5.34. The second kappa shape index (κ2) is 5.50. The third-order valence-corrected chi connectivity index (χ3v) is 4.01. The Hall–Kier alpha value is -0.810. The summed E-state index contributed by atoms with van der Waals surface area (Å²) in [6.45, 7) is 0. The molecule has 0 saturated heterocycles. The Morgan fingerprint density at radius 1 is 1.31 bits per heavy atom. The van der Waals surface area contributed by atoms with E-state index in [9.17, 15) is 0 Å². The lowest BCUT2D eigenvalue weighted by atomic mass is 10.0. The highest BCUT2D eigenvalue weighted by atomic mass is 32.2. The van der Waals surface area contributed by atoms with Gasteiger partial charge in [-0.1, -0.05) is 18.2 Å². The van der Waals surface area contributed by atoms with Crippen LogP contribution in [-0.4, -0.2) is 6.26 Å². The normalized spacial score (nSPS) is 12.6. The van der Waals surface area contributed by atoms with Crippen molar-refractivity contribution in [2.45, 2.75) is 10.9 Å². The van der Waals surface area contributed by atoms with Crippen LogP contribution in [0.5, 0.6) is 0 Å². The van der Waals surface area contributed by atoms with Crippen LogP contribution >= 0.6 is 23.1 Å². The summed E-state index contributed by atoms with van der Waals surface area (Å²) in [6, 6.07) is 10.5. The molecule has 1 aromatic carbocycles. The Morgan fingerprint density at radius 2 is 2.12 bits per heavy atom.